The van der Waals surface area contributed by atoms with Crippen molar-refractivity contribution in [2.75, 3.05) is 32.4 Å². The van der Waals surface area contributed by atoms with Gasteiger partial charge in [0, 0.05) is 13.1 Å². The summed E-state index contributed by atoms with van der Waals surface area (Å²) in [7, 11) is 1.99. The highest BCUT2D eigenvalue weighted by Gasteiger charge is 2.25. The Balaban J connectivity index is 2.11. The highest BCUT2D eigenvalue weighted by molar-refractivity contribution is 5.99. The third-order valence-electron chi connectivity index (χ3n) is 3.60. The average Bonchev–Trinajstić information content (AvgIpc) is 2.84. The quantitative estimate of drug-likeness (QED) is 0.490. The molecule has 2 rings (SSSR count). The molecule has 0 aromatic heterocycles. The molecule has 1 aliphatic heterocycles. The number of carbonyl (C=O) groups excluding carboxylic acids is 1. The Morgan fingerprint density at radius 3 is 2.90 bits per heavy atom. The lowest BCUT2D eigenvalue weighted by Crippen LogP contribution is -2.31. The van der Waals surface area contributed by atoms with Gasteiger partial charge in [0.05, 0.1) is 16.7 Å². The summed E-state index contributed by atoms with van der Waals surface area (Å²) in [5.41, 5.74) is 4.30. The van der Waals surface area contributed by atoms with Crippen molar-refractivity contribution in [3.63, 3.8) is 0 Å². The number of nitrogens with zero attached hydrogens (tertiary/aromatic N) is 2. The molecule has 0 spiro atoms. The van der Waals surface area contributed by atoms with Crippen LogP contribution in [0.25, 0.3) is 0 Å². The van der Waals surface area contributed by atoms with Crippen LogP contribution in [0.3, 0.4) is 0 Å². The van der Waals surface area contributed by atoms with E-state index >= 15 is 0 Å². The van der Waals surface area contributed by atoms with E-state index in [-0.39, 0.29) is 11.3 Å². The second kappa shape index (κ2) is 6.04. The molecule has 1 heterocycles. The van der Waals surface area contributed by atoms with Gasteiger partial charge in [-0.25, -0.2) is 4.39 Å². The number of hydrogen-bond acceptors (Lipinski definition) is 5. The lowest BCUT2D eigenvalue weighted by molar-refractivity contribution is -0.385. The van der Waals surface area contributed by atoms with Gasteiger partial charge in [-0.05, 0) is 32.0 Å². The Morgan fingerprint density at radius 2 is 2.33 bits per heavy atom. The van der Waals surface area contributed by atoms with Crippen LogP contribution in [0.15, 0.2) is 12.1 Å². The zero-order valence-corrected chi connectivity index (χ0v) is 11.6. The summed E-state index contributed by atoms with van der Waals surface area (Å²) in [5, 5.41) is 13.6. The van der Waals surface area contributed by atoms with Crippen LogP contribution in [0.5, 0.6) is 0 Å². The minimum Gasteiger partial charge on any atom is -0.396 e. The SMILES string of the molecule is CN1CCC(CNC(=O)c2cc(N)c(F)cc2[N+](=O)[O-])C1. The van der Waals surface area contributed by atoms with Crippen molar-refractivity contribution in [1.29, 1.82) is 0 Å². The second-order valence-corrected chi connectivity index (χ2v) is 5.27. The maximum absolute atomic E-state index is 13.3. The van der Waals surface area contributed by atoms with Crippen LogP contribution in [-0.2, 0) is 0 Å². The van der Waals surface area contributed by atoms with Gasteiger partial charge in [0.15, 0.2) is 5.82 Å². The molecule has 7 nitrogen and oxygen atoms in total. The first-order valence-corrected chi connectivity index (χ1v) is 6.58. The van der Waals surface area contributed by atoms with Crippen LogP contribution >= 0.6 is 0 Å². The molecule has 1 aromatic rings. The van der Waals surface area contributed by atoms with E-state index in [1.165, 1.54) is 0 Å². The molecule has 1 unspecified atom stereocenters. The summed E-state index contributed by atoms with van der Waals surface area (Å²) < 4.78 is 13.3. The van der Waals surface area contributed by atoms with E-state index in [1.54, 1.807) is 0 Å². The molecule has 1 aromatic carbocycles. The first kappa shape index (κ1) is 15.2. The molecule has 8 heteroatoms. The zero-order valence-electron chi connectivity index (χ0n) is 11.6. The fourth-order valence-electron chi connectivity index (χ4n) is 2.44. The number of anilines is 1. The summed E-state index contributed by atoms with van der Waals surface area (Å²) in [6.07, 6.45) is 0.963. The molecule has 1 amide bonds. The van der Waals surface area contributed by atoms with Crippen LogP contribution in [-0.4, -0.2) is 42.4 Å². The number of likely N-dealkylation sites (tertiary alicyclic amines) is 1. The number of amides is 1. The van der Waals surface area contributed by atoms with Gasteiger partial charge in [0.25, 0.3) is 11.6 Å². The van der Waals surface area contributed by atoms with Crippen LogP contribution in [0.2, 0.25) is 0 Å². The topological polar surface area (TPSA) is 102 Å². The minimum absolute atomic E-state index is 0.217. The number of hydrogen-bond donors (Lipinski definition) is 2. The van der Waals surface area contributed by atoms with E-state index in [2.05, 4.69) is 10.2 Å². The minimum atomic E-state index is -0.907. The van der Waals surface area contributed by atoms with E-state index < -0.39 is 22.3 Å². The molecule has 1 atom stereocenters. The van der Waals surface area contributed by atoms with Gasteiger partial charge in [-0.1, -0.05) is 0 Å². The first-order chi connectivity index (χ1) is 9.88. The molecule has 1 aliphatic rings. The number of nitrogens with two attached hydrogens (primary N) is 1. The smallest absolute Gasteiger partial charge is 0.285 e. The van der Waals surface area contributed by atoms with Crippen LogP contribution < -0.4 is 11.1 Å². The highest BCUT2D eigenvalue weighted by Crippen LogP contribution is 2.24. The van der Waals surface area contributed by atoms with Crippen molar-refractivity contribution in [3.05, 3.63) is 33.6 Å². The van der Waals surface area contributed by atoms with E-state index in [9.17, 15) is 19.3 Å². The third kappa shape index (κ3) is 3.46. The van der Waals surface area contributed by atoms with Crippen molar-refractivity contribution in [2.24, 2.45) is 5.92 Å². The molecule has 0 saturated carbocycles. The third-order valence-corrected chi connectivity index (χ3v) is 3.60. The lowest BCUT2D eigenvalue weighted by Gasteiger charge is -2.12. The summed E-state index contributed by atoms with van der Waals surface area (Å²) in [6.45, 7) is 2.26. The van der Waals surface area contributed by atoms with Gasteiger partial charge in [-0.2, -0.15) is 0 Å². The summed E-state index contributed by atoms with van der Waals surface area (Å²) in [5.74, 6) is -1.20. The number of benzene rings is 1. The molecular weight excluding hydrogens is 279 g/mol. The predicted octanol–water partition coefficient (Wildman–Crippen LogP) is 0.998. The molecule has 0 aliphatic carbocycles. The summed E-state index contributed by atoms with van der Waals surface area (Å²) in [4.78, 5) is 24.3. The Labute approximate surface area is 121 Å². The van der Waals surface area contributed by atoms with Crippen molar-refractivity contribution >= 4 is 17.3 Å². The second-order valence-electron chi connectivity index (χ2n) is 5.27. The van der Waals surface area contributed by atoms with Gasteiger partial charge >= 0.3 is 0 Å². The van der Waals surface area contributed by atoms with Crippen molar-refractivity contribution in [3.8, 4) is 0 Å². The van der Waals surface area contributed by atoms with Crippen LogP contribution in [0.1, 0.15) is 16.8 Å². The van der Waals surface area contributed by atoms with Crippen molar-refractivity contribution in [1.82, 2.24) is 10.2 Å². The van der Waals surface area contributed by atoms with E-state index in [1.807, 2.05) is 7.05 Å². The number of nitrogen functional groups attached to an aromatic ring is 1. The van der Waals surface area contributed by atoms with Gasteiger partial charge in [0.2, 0.25) is 0 Å². The van der Waals surface area contributed by atoms with E-state index in [0.29, 0.717) is 18.5 Å². The predicted molar refractivity (Wildman–Crippen MR) is 75.4 cm³/mol. The number of carbonyl (C=O) groups is 1. The lowest BCUT2D eigenvalue weighted by atomic mass is 10.1. The van der Waals surface area contributed by atoms with Gasteiger partial charge in [-0.15, -0.1) is 0 Å². The molecule has 3 N–H and O–H groups in total. The van der Waals surface area contributed by atoms with Crippen LogP contribution in [0, 0.1) is 21.8 Å². The van der Waals surface area contributed by atoms with Crippen molar-refractivity contribution < 1.29 is 14.1 Å². The van der Waals surface area contributed by atoms with Crippen molar-refractivity contribution in [2.45, 2.75) is 6.42 Å². The number of nitro groups is 1. The fourth-order valence-corrected chi connectivity index (χ4v) is 2.44. The average molecular weight is 296 g/mol. The Hall–Kier alpha value is -2.22. The maximum Gasteiger partial charge on any atom is 0.285 e. The normalized spacial score (nSPS) is 18.7. The number of nitrogens with one attached hydrogen (secondary N) is 1. The maximum atomic E-state index is 13.3. The summed E-state index contributed by atoms with van der Waals surface area (Å²) >= 11 is 0. The number of nitro benzene ring substituents is 1. The largest absolute Gasteiger partial charge is 0.396 e. The fraction of sp³-hybridized carbons (Fsp3) is 0.462. The molecule has 114 valence electrons. The Kier molecular flexibility index (Phi) is 4.37. The first-order valence-electron chi connectivity index (χ1n) is 6.58. The number of halogens is 1. The monoisotopic (exact) mass is 296 g/mol. The van der Waals surface area contributed by atoms with E-state index in [4.69, 9.17) is 5.73 Å². The van der Waals surface area contributed by atoms with Crippen LogP contribution in [0.4, 0.5) is 15.8 Å². The van der Waals surface area contributed by atoms with E-state index in [0.717, 1.165) is 25.6 Å². The van der Waals surface area contributed by atoms with Gasteiger partial charge in [0.1, 0.15) is 5.56 Å². The zero-order chi connectivity index (χ0) is 15.6. The Morgan fingerprint density at radius 1 is 1.62 bits per heavy atom. The molecular formula is C13H17FN4O3. The van der Waals surface area contributed by atoms with Gasteiger partial charge in [-0.3, -0.25) is 14.9 Å². The Bertz CT molecular complexity index is 579. The molecule has 1 fully saturated rings. The molecule has 21 heavy (non-hydrogen) atoms. The van der Waals surface area contributed by atoms with Gasteiger partial charge < -0.3 is 16.0 Å². The summed E-state index contributed by atoms with van der Waals surface area (Å²) in [6, 6.07) is 1.68. The highest BCUT2D eigenvalue weighted by atomic mass is 19.1. The molecule has 1 saturated heterocycles. The number of rotatable bonds is 4. The standard InChI is InChI=1S/C13H17FN4O3/c1-17-3-2-8(7-17)6-16-13(19)9-4-11(15)10(14)5-12(9)18(20)21/h4-5,8H,2-3,6-7,15H2,1H3,(H,16,19). The molecule has 0 radical (unpaired) electrons. The molecule has 0 bridgehead atoms.